The minimum atomic E-state index is -1.07. The molecule has 1 aliphatic heterocycles. The molecule has 2 aromatic heterocycles. The van der Waals surface area contributed by atoms with Crippen LogP contribution in [0.3, 0.4) is 0 Å². The molecule has 0 aliphatic carbocycles. The molecular weight excluding hydrogens is 670 g/mol. The van der Waals surface area contributed by atoms with Gasteiger partial charge in [0.15, 0.2) is 0 Å². The van der Waals surface area contributed by atoms with Gasteiger partial charge < -0.3 is 19.3 Å². The monoisotopic (exact) mass is 713 g/mol. The summed E-state index contributed by atoms with van der Waals surface area (Å²) in [6.45, 7) is 2.65. The second-order valence-electron chi connectivity index (χ2n) is 13.3. The molecule has 3 heterocycles. The molecule has 0 spiro atoms. The highest BCUT2D eigenvalue weighted by Crippen LogP contribution is 2.42. The summed E-state index contributed by atoms with van der Waals surface area (Å²) in [5.41, 5.74) is 3.14. The number of methoxy groups -OCH3 is 1. The number of aliphatic hydroxyl groups excluding tert-OH is 1. The second kappa shape index (κ2) is 16.0. The molecular formula is C42H43N5O6. The molecule has 3 atom stereocenters. The highest BCUT2D eigenvalue weighted by atomic mass is 16.6. The van der Waals surface area contributed by atoms with E-state index in [0.29, 0.717) is 18.0 Å². The van der Waals surface area contributed by atoms with Gasteiger partial charge in [0, 0.05) is 12.6 Å². The number of ether oxygens (including phenoxy) is 3. The van der Waals surface area contributed by atoms with E-state index in [-0.39, 0.29) is 18.6 Å². The van der Waals surface area contributed by atoms with Gasteiger partial charge in [0.05, 0.1) is 38.1 Å². The van der Waals surface area contributed by atoms with Crippen molar-refractivity contribution in [2.45, 2.75) is 63.2 Å². The van der Waals surface area contributed by atoms with Gasteiger partial charge in [-0.1, -0.05) is 116 Å². The molecule has 11 heteroatoms. The van der Waals surface area contributed by atoms with Crippen molar-refractivity contribution >= 4 is 0 Å². The van der Waals surface area contributed by atoms with Crippen LogP contribution in [0.25, 0.3) is 11.3 Å². The fourth-order valence-corrected chi connectivity index (χ4v) is 6.92. The van der Waals surface area contributed by atoms with E-state index in [1.807, 2.05) is 84.9 Å². The van der Waals surface area contributed by atoms with Gasteiger partial charge in [-0.25, -0.2) is 9.48 Å². The fraction of sp³-hybridized carbons (Fsp3) is 0.286. The van der Waals surface area contributed by atoms with E-state index in [2.05, 4.69) is 46.5 Å². The SMILES string of the molecule is CCCCc1ccc(Cn2cc(-c3cn([C@@H]4CC(O)[C@H](COC(c5ccccc5)(c5ccccc5)c5ccc(OC)cc5)O4)c(=O)[nH]c3=O)nn2)cc1. The smallest absolute Gasteiger partial charge is 0.330 e. The number of rotatable bonds is 14. The lowest BCUT2D eigenvalue weighted by atomic mass is 9.80. The first-order chi connectivity index (χ1) is 25.9. The van der Waals surface area contributed by atoms with Crippen LogP contribution in [-0.4, -0.2) is 55.6 Å². The summed E-state index contributed by atoms with van der Waals surface area (Å²) in [5, 5.41) is 19.8. The third-order valence-electron chi connectivity index (χ3n) is 9.80. The lowest BCUT2D eigenvalue weighted by molar-refractivity contribution is -0.0944. The topological polar surface area (TPSA) is 133 Å². The quantitative estimate of drug-likeness (QED) is 0.134. The molecule has 272 valence electrons. The van der Waals surface area contributed by atoms with Gasteiger partial charge in [-0.15, -0.1) is 5.10 Å². The predicted molar refractivity (Wildman–Crippen MR) is 201 cm³/mol. The van der Waals surface area contributed by atoms with Gasteiger partial charge in [0.25, 0.3) is 5.56 Å². The van der Waals surface area contributed by atoms with Crippen LogP contribution in [0.1, 0.15) is 60.2 Å². The number of nitrogens with one attached hydrogen (secondary N) is 1. The normalized spacial score (nSPS) is 17.2. The molecule has 1 saturated heterocycles. The number of aliphatic hydroxyl groups is 1. The Kier molecular flexibility index (Phi) is 10.8. The number of nitrogens with zero attached hydrogens (tertiary/aromatic N) is 4. The molecule has 1 fully saturated rings. The van der Waals surface area contributed by atoms with E-state index < -0.39 is 35.3 Å². The van der Waals surface area contributed by atoms with Gasteiger partial charge in [-0.05, 0) is 52.8 Å². The Hall–Kier alpha value is -5.62. The summed E-state index contributed by atoms with van der Waals surface area (Å²) in [5.74, 6) is 0.710. The Bertz CT molecular complexity index is 2180. The maximum atomic E-state index is 13.2. The van der Waals surface area contributed by atoms with Crippen molar-refractivity contribution in [1.29, 1.82) is 0 Å². The van der Waals surface area contributed by atoms with Gasteiger partial charge in [-0.2, -0.15) is 0 Å². The molecule has 2 N–H and O–H groups in total. The van der Waals surface area contributed by atoms with Gasteiger partial charge in [-0.3, -0.25) is 14.3 Å². The Labute approximate surface area is 307 Å². The number of aromatic nitrogens is 5. The Morgan fingerprint density at radius 3 is 2.15 bits per heavy atom. The minimum absolute atomic E-state index is 0.00758. The van der Waals surface area contributed by atoms with Crippen LogP contribution in [-0.2, 0) is 28.0 Å². The fourth-order valence-electron chi connectivity index (χ4n) is 6.92. The van der Waals surface area contributed by atoms with Crippen molar-refractivity contribution in [1.82, 2.24) is 24.5 Å². The zero-order valence-corrected chi connectivity index (χ0v) is 29.8. The molecule has 6 aromatic rings. The molecule has 0 saturated carbocycles. The van der Waals surface area contributed by atoms with Crippen molar-refractivity contribution in [3.8, 4) is 17.0 Å². The maximum absolute atomic E-state index is 13.2. The molecule has 0 bridgehead atoms. The molecule has 1 unspecified atom stereocenters. The Morgan fingerprint density at radius 1 is 0.868 bits per heavy atom. The average molecular weight is 714 g/mol. The van der Waals surface area contributed by atoms with Crippen molar-refractivity contribution < 1.29 is 19.3 Å². The number of benzene rings is 4. The number of hydrogen-bond donors (Lipinski definition) is 2. The van der Waals surface area contributed by atoms with Crippen molar-refractivity contribution in [2.75, 3.05) is 13.7 Å². The van der Waals surface area contributed by atoms with Crippen LogP contribution in [0.4, 0.5) is 0 Å². The predicted octanol–water partition coefficient (Wildman–Crippen LogP) is 5.85. The average Bonchev–Trinajstić information content (AvgIpc) is 3.81. The first-order valence-corrected chi connectivity index (χ1v) is 17.9. The molecule has 4 aromatic carbocycles. The van der Waals surface area contributed by atoms with E-state index in [0.717, 1.165) is 41.5 Å². The molecule has 11 nitrogen and oxygen atoms in total. The standard InChI is InChI=1S/C42H43N5O6/c1-3-4-11-29-16-18-30(19-17-29)25-46-27-36(44-45-46)35-26-47(41(50)43-40(35)49)39-24-37(48)38(53-39)28-52-42(31-12-7-5-8-13-31,32-14-9-6-10-15-32)33-20-22-34(51-2)23-21-33/h5-10,12-23,26-27,37-39,48H,3-4,11,24-25,28H2,1-2H3,(H,43,49,50)/t37?,38-,39-/m0/s1. The highest BCUT2D eigenvalue weighted by molar-refractivity contribution is 5.55. The number of aromatic amines is 1. The lowest BCUT2D eigenvalue weighted by Crippen LogP contribution is -2.38. The summed E-state index contributed by atoms with van der Waals surface area (Å²) < 4.78 is 21.6. The maximum Gasteiger partial charge on any atom is 0.330 e. The minimum Gasteiger partial charge on any atom is -0.497 e. The van der Waals surface area contributed by atoms with E-state index in [4.69, 9.17) is 14.2 Å². The highest BCUT2D eigenvalue weighted by Gasteiger charge is 2.42. The Morgan fingerprint density at radius 2 is 1.51 bits per heavy atom. The van der Waals surface area contributed by atoms with Crippen molar-refractivity contribution in [2.24, 2.45) is 0 Å². The third-order valence-corrected chi connectivity index (χ3v) is 9.80. The van der Waals surface area contributed by atoms with Crippen molar-refractivity contribution in [3.05, 3.63) is 170 Å². The largest absolute Gasteiger partial charge is 0.497 e. The van der Waals surface area contributed by atoms with Crippen LogP contribution >= 0.6 is 0 Å². The van der Waals surface area contributed by atoms with Crippen LogP contribution in [0.5, 0.6) is 5.75 Å². The summed E-state index contributed by atoms with van der Waals surface area (Å²) in [4.78, 5) is 28.6. The summed E-state index contributed by atoms with van der Waals surface area (Å²) in [7, 11) is 1.62. The van der Waals surface area contributed by atoms with Crippen molar-refractivity contribution in [3.63, 3.8) is 0 Å². The van der Waals surface area contributed by atoms with E-state index >= 15 is 0 Å². The number of H-pyrrole nitrogens is 1. The van der Waals surface area contributed by atoms with Gasteiger partial charge in [0.2, 0.25) is 0 Å². The first-order valence-electron chi connectivity index (χ1n) is 17.9. The van der Waals surface area contributed by atoms with E-state index in [1.165, 1.54) is 16.3 Å². The zero-order valence-electron chi connectivity index (χ0n) is 29.8. The summed E-state index contributed by atoms with van der Waals surface area (Å²) in [6, 6.07) is 35.9. The molecule has 0 radical (unpaired) electrons. The lowest BCUT2D eigenvalue weighted by Gasteiger charge is -2.37. The first kappa shape index (κ1) is 35.8. The Balaban J connectivity index is 1.13. The van der Waals surface area contributed by atoms with Crippen LogP contribution in [0.2, 0.25) is 0 Å². The third kappa shape index (κ3) is 7.64. The zero-order chi connectivity index (χ0) is 36.8. The molecule has 1 aliphatic rings. The van der Waals surface area contributed by atoms with E-state index in [9.17, 15) is 14.7 Å². The van der Waals surface area contributed by atoms with Crippen LogP contribution in [0.15, 0.2) is 131 Å². The second-order valence-corrected chi connectivity index (χ2v) is 13.3. The van der Waals surface area contributed by atoms with Gasteiger partial charge in [0.1, 0.15) is 29.4 Å². The molecule has 0 amide bonds. The number of aryl methyl sites for hydroxylation is 1. The van der Waals surface area contributed by atoms with E-state index in [1.54, 1.807) is 18.0 Å². The van der Waals surface area contributed by atoms with Crippen LogP contribution in [0, 0.1) is 0 Å². The molecule has 53 heavy (non-hydrogen) atoms. The molecule has 7 rings (SSSR count). The summed E-state index contributed by atoms with van der Waals surface area (Å²) >= 11 is 0. The number of unbranched alkanes of at least 4 members (excludes halogenated alkanes) is 1. The summed E-state index contributed by atoms with van der Waals surface area (Å²) in [6.07, 6.45) is 3.93. The van der Waals surface area contributed by atoms with Gasteiger partial charge >= 0.3 is 5.69 Å². The number of hydrogen-bond acceptors (Lipinski definition) is 8. The van der Waals surface area contributed by atoms with Crippen LogP contribution < -0.4 is 16.0 Å².